The average Bonchev–Trinajstić information content (AvgIpc) is 2.85. The molecule has 0 unspecified atom stereocenters. The van der Waals surface area contributed by atoms with Crippen molar-refractivity contribution in [1.82, 2.24) is 0 Å². The molecule has 0 fully saturated rings. The number of carbonyl (C=O) groups is 2. The normalized spacial score (nSPS) is 11.9. The highest BCUT2D eigenvalue weighted by atomic mass is 28.4. The third kappa shape index (κ3) is 19.0. The highest BCUT2D eigenvalue weighted by Gasteiger charge is 2.51. The summed E-state index contributed by atoms with van der Waals surface area (Å²) in [4.78, 5) is 25.5. The van der Waals surface area contributed by atoms with E-state index < -0.39 is 8.56 Å². The van der Waals surface area contributed by atoms with Crippen LogP contribution >= 0.6 is 0 Å². The van der Waals surface area contributed by atoms with Crippen molar-refractivity contribution in [2.75, 3.05) is 0 Å². The predicted molar refractivity (Wildman–Crippen MR) is 161 cm³/mol. The Labute approximate surface area is 232 Å². The lowest BCUT2D eigenvalue weighted by Crippen LogP contribution is -2.51. The van der Waals surface area contributed by atoms with E-state index in [9.17, 15) is 9.59 Å². The molecule has 0 rings (SSSR count). The van der Waals surface area contributed by atoms with Gasteiger partial charge in [0, 0.05) is 23.9 Å². The third-order valence-corrected chi connectivity index (χ3v) is 11.9. The Balaban J connectivity index is 4.26. The quantitative estimate of drug-likeness (QED) is 0.0808. The van der Waals surface area contributed by atoms with Gasteiger partial charge in [0.25, 0.3) is 11.9 Å². The van der Waals surface area contributed by atoms with Gasteiger partial charge < -0.3 is 8.85 Å². The lowest BCUT2D eigenvalue weighted by Gasteiger charge is -2.35. The molecular weight excluding hydrogens is 476 g/mol. The third-order valence-electron chi connectivity index (χ3n) is 7.63. The molecule has 4 nitrogen and oxygen atoms in total. The minimum Gasteiger partial charge on any atom is -0.484 e. The van der Waals surface area contributed by atoms with Gasteiger partial charge >= 0.3 is 8.56 Å². The number of rotatable bonds is 26. The van der Waals surface area contributed by atoms with E-state index in [0.29, 0.717) is 12.8 Å². The van der Waals surface area contributed by atoms with Crippen molar-refractivity contribution < 1.29 is 18.4 Å². The lowest BCUT2D eigenvalue weighted by atomic mass is 10.1. The average molecular weight is 541 g/mol. The van der Waals surface area contributed by atoms with Crippen molar-refractivity contribution >= 4 is 20.5 Å². The van der Waals surface area contributed by atoms with Crippen molar-refractivity contribution in [3.8, 4) is 0 Å². The van der Waals surface area contributed by atoms with Gasteiger partial charge in [-0.05, 0) is 12.8 Å². The summed E-state index contributed by atoms with van der Waals surface area (Å²) >= 11 is 0. The Morgan fingerprint density at radius 2 is 0.703 bits per heavy atom. The molecule has 0 aromatic heterocycles. The number of unbranched alkanes of at least 4 members (excludes halogenated alkanes) is 18. The van der Waals surface area contributed by atoms with Gasteiger partial charge in [0.05, 0.1) is 0 Å². The number of hydrogen-bond acceptors (Lipinski definition) is 4. The van der Waals surface area contributed by atoms with Crippen molar-refractivity contribution in [1.29, 1.82) is 0 Å². The van der Waals surface area contributed by atoms with Crippen LogP contribution in [-0.2, 0) is 18.4 Å². The molecule has 0 atom stereocenters. The van der Waals surface area contributed by atoms with Gasteiger partial charge in [-0.15, -0.1) is 0 Å². The fourth-order valence-electron chi connectivity index (χ4n) is 5.13. The first-order valence-electron chi connectivity index (χ1n) is 16.2. The summed E-state index contributed by atoms with van der Waals surface area (Å²) < 4.78 is 12.1. The number of carbonyl (C=O) groups excluding carboxylic acids is 2. The van der Waals surface area contributed by atoms with E-state index in [1.807, 2.05) is 27.7 Å². The standard InChI is InChI=1S/C32H64O4Si/c1-7-9-11-13-15-17-19-21-23-25-27-31(33)35-37(29(3)4,30(5)6)36-32(34)28-26-24-22-20-18-16-14-12-10-8-2/h29-30H,7-28H2,1-6H3. The summed E-state index contributed by atoms with van der Waals surface area (Å²) in [5.41, 5.74) is 0.0848. The fourth-order valence-corrected chi connectivity index (χ4v) is 8.36. The molecule has 0 saturated carbocycles. The van der Waals surface area contributed by atoms with Crippen molar-refractivity contribution in [3.63, 3.8) is 0 Å². The topological polar surface area (TPSA) is 52.6 Å². The first-order valence-corrected chi connectivity index (χ1v) is 18.2. The van der Waals surface area contributed by atoms with Gasteiger partial charge in [-0.2, -0.15) is 0 Å². The van der Waals surface area contributed by atoms with Gasteiger partial charge in [0.15, 0.2) is 0 Å². The summed E-state index contributed by atoms with van der Waals surface area (Å²) in [7, 11) is -2.97. The molecule has 0 radical (unpaired) electrons. The Morgan fingerprint density at radius 1 is 0.459 bits per heavy atom. The SMILES string of the molecule is CCCCCCCCCCCCC(=O)O[Si](OC(=O)CCCCCCCCCCCC)(C(C)C)C(C)C. The molecule has 0 N–H and O–H groups in total. The lowest BCUT2D eigenvalue weighted by molar-refractivity contribution is -0.142. The molecule has 5 heteroatoms. The second kappa shape index (κ2) is 24.2. The fraction of sp³-hybridized carbons (Fsp3) is 0.938. The molecule has 0 aromatic rings. The molecule has 0 spiro atoms. The Kier molecular flexibility index (Phi) is 23.7. The monoisotopic (exact) mass is 540 g/mol. The van der Waals surface area contributed by atoms with Crippen LogP contribution in [0.15, 0.2) is 0 Å². The van der Waals surface area contributed by atoms with Crippen LogP contribution in [-0.4, -0.2) is 20.5 Å². The molecule has 0 bridgehead atoms. The molecule has 0 heterocycles. The summed E-state index contributed by atoms with van der Waals surface area (Å²) in [6, 6.07) is 0. The van der Waals surface area contributed by atoms with E-state index in [2.05, 4.69) is 13.8 Å². The molecule has 37 heavy (non-hydrogen) atoms. The minimum absolute atomic E-state index is 0.0424. The van der Waals surface area contributed by atoms with E-state index >= 15 is 0 Å². The first kappa shape index (κ1) is 36.2. The summed E-state index contributed by atoms with van der Waals surface area (Å²) in [5.74, 6) is -0.360. The zero-order valence-electron chi connectivity index (χ0n) is 25.8. The minimum atomic E-state index is -2.97. The van der Waals surface area contributed by atoms with Crippen LogP contribution in [0.2, 0.25) is 11.1 Å². The van der Waals surface area contributed by atoms with Crippen LogP contribution in [0, 0.1) is 0 Å². The van der Waals surface area contributed by atoms with Crippen LogP contribution in [0.4, 0.5) is 0 Å². The Morgan fingerprint density at radius 3 is 0.946 bits per heavy atom. The highest BCUT2D eigenvalue weighted by Crippen LogP contribution is 2.35. The molecule has 0 amide bonds. The largest absolute Gasteiger partial charge is 0.484 e. The smallest absolute Gasteiger partial charge is 0.469 e. The maximum absolute atomic E-state index is 12.7. The number of hydrogen-bond donors (Lipinski definition) is 0. The molecule has 0 saturated heterocycles. The van der Waals surface area contributed by atoms with E-state index in [0.717, 1.165) is 25.7 Å². The maximum Gasteiger partial charge on any atom is 0.469 e. The van der Waals surface area contributed by atoms with E-state index in [4.69, 9.17) is 8.85 Å². The molecule has 0 aliphatic heterocycles. The van der Waals surface area contributed by atoms with Crippen LogP contribution in [0.1, 0.15) is 183 Å². The van der Waals surface area contributed by atoms with Crippen LogP contribution in [0.25, 0.3) is 0 Å². The van der Waals surface area contributed by atoms with E-state index in [1.54, 1.807) is 0 Å². The van der Waals surface area contributed by atoms with Gasteiger partial charge in [-0.25, -0.2) is 0 Å². The molecular formula is C32H64O4Si. The summed E-state index contributed by atoms with van der Waals surface area (Å²) in [5, 5.41) is 0. The molecule has 0 aliphatic rings. The van der Waals surface area contributed by atoms with E-state index in [-0.39, 0.29) is 23.0 Å². The van der Waals surface area contributed by atoms with Crippen molar-refractivity contribution in [2.24, 2.45) is 0 Å². The van der Waals surface area contributed by atoms with Crippen molar-refractivity contribution in [2.45, 2.75) is 194 Å². The van der Waals surface area contributed by atoms with E-state index in [1.165, 1.54) is 103 Å². The Bertz CT molecular complexity index is 499. The molecule has 220 valence electrons. The molecule has 0 aromatic carbocycles. The zero-order valence-corrected chi connectivity index (χ0v) is 26.8. The summed E-state index contributed by atoms with van der Waals surface area (Å²) in [6.45, 7) is 12.6. The van der Waals surface area contributed by atoms with Crippen molar-refractivity contribution in [3.05, 3.63) is 0 Å². The van der Waals surface area contributed by atoms with Crippen LogP contribution in [0.3, 0.4) is 0 Å². The Hall–Kier alpha value is -0.843. The second-order valence-electron chi connectivity index (χ2n) is 11.8. The first-order chi connectivity index (χ1) is 17.8. The highest BCUT2D eigenvalue weighted by molar-refractivity contribution is 6.73. The van der Waals surface area contributed by atoms with Gasteiger partial charge in [-0.3, -0.25) is 9.59 Å². The van der Waals surface area contributed by atoms with Gasteiger partial charge in [0.2, 0.25) is 0 Å². The zero-order chi connectivity index (χ0) is 27.8. The van der Waals surface area contributed by atoms with Gasteiger partial charge in [-0.1, -0.05) is 157 Å². The van der Waals surface area contributed by atoms with Gasteiger partial charge in [0.1, 0.15) is 0 Å². The van der Waals surface area contributed by atoms with Crippen LogP contribution < -0.4 is 0 Å². The maximum atomic E-state index is 12.7. The predicted octanol–water partition coefficient (Wildman–Crippen LogP) is 11.0. The second-order valence-corrected chi connectivity index (χ2v) is 16.0. The summed E-state index contributed by atoms with van der Waals surface area (Å²) in [6.07, 6.45) is 25.7. The van der Waals surface area contributed by atoms with Crippen LogP contribution in [0.5, 0.6) is 0 Å². The molecule has 0 aliphatic carbocycles.